The predicted molar refractivity (Wildman–Crippen MR) is 62.6 cm³/mol. The van der Waals surface area contributed by atoms with Gasteiger partial charge in [-0.25, -0.2) is 9.97 Å². The third kappa shape index (κ3) is 2.06. The summed E-state index contributed by atoms with van der Waals surface area (Å²) in [6.07, 6.45) is 3.50. The van der Waals surface area contributed by atoms with Crippen LogP contribution in [0.2, 0.25) is 0 Å². The Morgan fingerprint density at radius 2 is 2.06 bits per heavy atom. The maximum absolute atomic E-state index is 5.81. The van der Waals surface area contributed by atoms with Crippen molar-refractivity contribution >= 4 is 0 Å². The van der Waals surface area contributed by atoms with Crippen LogP contribution in [-0.2, 0) is 0 Å². The van der Waals surface area contributed by atoms with E-state index in [4.69, 9.17) is 5.73 Å². The van der Waals surface area contributed by atoms with E-state index in [1.807, 2.05) is 32.0 Å². The lowest BCUT2D eigenvalue weighted by Crippen LogP contribution is -2.09. The third-order valence-electron chi connectivity index (χ3n) is 2.40. The lowest BCUT2D eigenvalue weighted by molar-refractivity contribution is 0.790. The van der Waals surface area contributed by atoms with Crippen LogP contribution in [0.5, 0.6) is 0 Å². The van der Waals surface area contributed by atoms with Crippen LogP contribution < -0.4 is 5.73 Å². The van der Waals surface area contributed by atoms with Crippen LogP contribution in [0.1, 0.15) is 24.2 Å². The highest BCUT2D eigenvalue weighted by Crippen LogP contribution is 2.16. The Labute approximate surface area is 94.6 Å². The zero-order valence-electron chi connectivity index (χ0n) is 9.38. The minimum Gasteiger partial charge on any atom is -0.324 e. The fourth-order valence-corrected chi connectivity index (χ4v) is 1.54. The summed E-state index contributed by atoms with van der Waals surface area (Å²) in [5.41, 5.74) is 8.47. The highest BCUT2D eigenvalue weighted by molar-refractivity contribution is 5.48. The van der Waals surface area contributed by atoms with Gasteiger partial charge in [-0.1, -0.05) is 6.07 Å². The van der Waals surface area contributed by atoms with Crippen LogP contribution in [0.15, 0.2) is 30.6 Å². The number of aryl methyl sites for hydroxylation is 1. The fourth-order valence-electron chi connectivity index (χ4n) is 1.54. The van der Waals surface area contributed by atoms with Gasteiger partial charge in [-0.05, 0) is 26.0 Å². The van der Waals surface area contributed by atoms with Gasteiger partial charge in [0.1, 0.15) is 5.69 Å². The Kier molecular flexibility index (Phi) is 2.92. The molecule has 4 heteroatoms. The molecule has 0 saturated heterocycles. The minimum atomic E-state index is -0.0437. The van der Waals surface area contributed by atoms with E-state index in [-0.39, 0.29) is 6.04 Å². The van der Waals surface area contributed by atoms with Gasteiger partial charge in [-0.2, -0.15) is 0 Å². The number of rotatable bonds is 2. The van der Waals surface area contributed by atoms with Crippen molar-refractivity contribution in [3.63, 3.8) is 0 Å². The summed E-state index contributed by atoms with van der Waals surface area (Å²) in [6.45, 7) is 3.86. The molecule has 0 amide bonds. The third-order valence-corrected chi connectivity index (χ3v) is 2.40. The van der Waals surface area contributed by atoms with Crippen molar-refractivity contribution in [1.29, 1.82) is 0 Å². The molecule has 1 atom stereocenters. The first-order chi connectivity index (χ1) is 7.68. The van der Waals surface area contributed by atoms with Crippen LogP contribution in [0, 0.1) is 6.92 Å². The molecule has 0 aliphatic rings. The molecule has 2 heterocycles. The normalized spacial score (nSPS) is 12.4. The van der Waals surface area contributed by atoms with E-state index >= 15 is 0 Å². The van der Waals surface area contributed by atoms with Crippen molar-refractivity contribution in [3.8, 4) is 11.5 Å². The lowest BCUT2D eigenvalue weighted by atomic mass is 10.1. The number of aromatic nitrogens is 3. The summed E-state index contributed by atoms with van der Waals surface area (Å²) >= 11 is 0. The van der Waals surface area contributed by atoms with Gasteiger partial charge < -0.3 is 5.73 Å². The molecule has 0 saturated carbocycles. The topological polar surface area (TPSA) is 64.7 Å². The van der Waals surface area contributed by atoms with E-state index in [2.05, 4.69) is 15.0 Å². The molecule has 0 aromatic carbocycles. The average molecular weight is 214 g/mol. The molecule has 2 aromatic heterocycles. The van der Waals surface area contributed by atoms with Crippen molar-refractivity contribution < 1.29 is 0 Å². The van der Waals surface area contributed by atoms with Gasteiger partial charge in [0, 0.05) is 29.7 Å². The van der Waals surface area contributed by atoms with Gasteiger partial charge in [0.2, 0.25) is 0 Å². The molecule has 2 N–H and O–H groups in total. The minimum absolute atomic E-state index is 0.0437. The summed E-state index contributed by atoms with van der Waals surface area (Å²) in [5.74, 6) is 0.641. The Balaban J connectivity index is 2.43. The van der Waals surface area contributed by atoms with Crippen molar-refractivity contribution in [2.24, 2.45) is 5.73 Å². The van der Waals surface area contributed by atoms with Crippen LogP contribution in [-0.4, -0.2) is 15.0 Å². The second-order valence-corrected chi connectivity index (χ2v) is 3.74. The number of nitrogens with two attached hydrogens (primary N) is 1. The summed E-state index contributed by atoms with van der Waals surface area (Å²) in [7, 11) is 0. The van der Waals surface area contributed by atoms with E-state index in [0.717, 1.165) is 17.0 Å². The van der Waals surface area contributed by atoms with Crippen LogP contribution >= 0.6 is 0 Å². The van der Waals surface area contributed by atoms with Crippen LogP contribution in [0.3, 0.4) is 0 Å². The molecule has 0 unspecified atom stereocenters. The largest absolute Gasteiger partial charge is 0.324 e. The average Bonchev–Trinajstić information content (AvgIpc) is 2.29. The van der Waals surface area contributed by atoms with Gasteiger partial charge in [-0.3, -0.25) is 4.98 Å². The van der Waals surface area contributed by atoms with Crippen molar-refractivity contribution in [2.75, 3.05) is 0 Å². The number of hydrogen-bond donors (Lipinski definition) is 1. The number of hydrogen-bond acceptors (Lipinski definition) is 4. The quantitative estimate of drug-likeness (QED) is 0.828. The van der Waals surface area contributed by atoms with Gasteiger partial charge >= 0.3 is 0 Å². The molecule has 2 aromatic rings. The summed E-state index contributed by atoms with van der Waals surface area (Å²) in [6, 6.07) is 5.63. The molecule has 2 rings (SSSR count). The molecular weight excluding hydrogens is 200 g/mol. The second-order valence-electron chi connectivity index (χ2n) is 3.74. The van der Waals surface area contributed by atoms with Gasteiger partial charge in [-0.15, -0.1) is 0 Å². The van der Waals surface area contributed by atoms with E-state index in [1.165, 1.54) is 0 Å². The zero-order valence-corrected chi connectivity index (χ0v) is 9.38. The molecule has 4 nitrogen and oxygen atoms in total. The second kappa shape index (κ2) is 4.37. The highest BCUT2D eigenvalue weighted by Gasteiger charge is 2.08. The van der Waals surface area contributed by atoms with E-state index in [0.29, 0.717) is 5.82 Å². The smallest absolute Gasteiger partial charge is 0.178 e. The zero-order chi connectivity index (χ0) is 11.5. The first-order valence-electron chi connectivity index (χ1n) is 5.19. The Hall–Kier alpha value is -1.81. The van der Waals surface area contributed by atoms with E-state index < -0.39 is 0 Å². The maximum Gasteiger partial charge on any atom is 0.178 e. The SMILES string of the molecule is Cc1nc(-c2ccccn2)ncc1[C@@H](C)N. The van der Waals surface area contributed by atoms with Gasteiger partial charge in [0.15, 0.2) is 5.82 Å². The molecule has 0 spiro atoms. The monoisotopic (exact) mass is 214 g/mol. The Bertz CT molecular complexity index is 480. The molecular formula is C12H14N4. The number of pyridine rings is 1. The molecule has 16 heavy (non-hydrogen) atoms. The molecule has 0 bridgehead atoms. The molecule has 82 valence electrons. The molecule has 0 fully saturated rings. The maximum atomic E-state index is 5.81. The first kappa shape index (κ1) is 10.7. The Morgan fingerprint density at radius 1 is 1.25 bits per heavy atom. The molecule has 0 radical (unpaired) electrons. The van der Waals surface area contributed by atoms with E-state index in [1.54, 1.807) is 12.4 Å². The first-order valence-corrected chi connectivity index (χ1v) is 5.19. The molecule has 0 aliphatic heterocycles. The molecule has 0 aliphatic carbocycles. The number of nitrogens with zero attached hydrogens (tertiary/aromatic N) is 3. The standard InChI is InChI=1S/C12H14N4/c1-8(13)10-7-15-12(16-9(10)2)11-5-3-4-6-14-11/h3-8H,13H2,1-2H3/t8-/m1/s1. The van der Waals surface area contributed by atoms with E-state index in [9.17, 15) is 0 Å². The summed E-state index contributed by atoms with van der Waals surface area (Å²) in [4.78, 5) is 12.9. The highest BCUT2D eigenvalue weighted by atomic mass is 14.9. The van der Waals surface area contributed by atoms with Gasteiger partial charge in [0.05, 0.1) is 0 Å². The van der Waals surface area contributed by atoms with Crippen molar-refractivity contribution in [1.82, 2.24) is 15.0 Å². The summed E-state index contributed by atoms with van der Waals surface area (Å²) in [5, 5.41) is 0. The van der Waals surface area contributed by atoms with Crippen LogP contribution in [0.4, 0.5) is 0 Å². The van der Waals surface area contributed by atoms with Crippen molar-refractivity contribution in [3.05, 3.63) is 41.9 Å². The predicted octanol–water partition coefficient (Wildman–Crippen LogP) is 1.87. The van der Waals surface area contributed by atoms with Crippen molar-refractivity contribution in [2.45, 2.75) is 19.9 Å². The lowest BCUT2D eigenvalue weighted by Gasteiger charge is -2.09. The fraction of sp³-hybridized carbons (Fsp3) is 0.250. The Morgan fingerprint density at radius 3 is 2.62 bits per heavy atom. The van der Waals surface area contributed by atoms with Gasteiger partial charge in [0.25, 0.3) is 0 Å². The summed E-state index contributed by atoms with van der Waals surface area (Å²) < 4.78 is 0. The van der Waals surface area contributed by atoms with Crippen LogP contribution in [0.25, 0.3) is 11.5 Å².